The molecule has 138 valence electrons. The molecule has 9 heteroatoms. The summed E-state index contributed by atoms with van der Waals surface area (Å²) < 4.78 is 38.1. The highest BCUT2D eigenvalue weighted by molar-refractivity contribution is 6.30. The number of amides is 1. The van der Waals surface area contributed by atoms with Crippen LogP contribution >= 0.6 is 11.6 Å². The van der Waals surface area contributed by atoms with Crippen molar-refractivity contribution < 1.29 is 23.1 Å². The van der Waals surface area contributed by atoms with Gasteiger partial charge in [-0.15, -0.1) is 0 Å². The molecule has 0 fully saturated rings. The van der Waals surface area contributed by atoms with Crippen LogP contribution in [0.4, 0.5) is 29.6 Å². The van der Waals surface area contributed by atoms with Gasteiger partial charge >= 0.3 is 12.3 Å². The maximum Gasteiger partial charge on any atom is 0.418 e. The van der Waals surface area contributed by atoms with E-state index in [1.54, 1.807) is 30.3 Å². The molecular weight excluding hydrogens is 383 g/mol. The Morgan fingerprint density at radius 1 is 1.07 bits per heavy atom. The Morgan fingerprint density at radius 3 is 2.37 bits per heavy atom. The van der Waals surface area contributed by atoms with E-state index >= 15 is 0 Å². The molecule has 1 amide bonds. The number of halogens is 4. The Kier molecular flexibility index (Phi) is 5.00. The summed E-state index contributed by atoms with van der Waals surface area (Å²) in [5.41, 5.74) is 0.161. The zero-order chi connectivity index (χ0) is 19.6. The van der Waals surface area contributed by atoms with Crippen LogP contribution in [0.2, 0.25) is 5.02 Å². The lowest BCUT2D eigenvalue weighted by molar-refractivity contribution is -0.137. The van der Waals surface area contributed by atoms with Gasteiger partial charge in [0.2, 0.25) is 5.95 Å². The fraction of sp³-hybridized carbons (Fsp3) is 0.0556. The van der Waals surface area contributed by atoms with E-state index in [2.05, 4.69) is 9.97 Å². The highest BCUT2D eigenvalue weighted by Gasteiger charge is 2.30. The van der Waals surface area contributed by atoms with Gasteiger partial charge in [0.1, 0.15) is 0 Å². The summed E-state index contributed by atoms with van der Waals surface area (Å²) in [6.07, 6.45) is -4.59. The van der Waals surface area contributed by atoms with Gasteiger partial charge in [0.25, 0.3) is 0 Å². The monoisotopic (exact) mass is 393 g/mol. The van der Waals surface area contributed by atoms with Gasteiger partial charge < -0.3 is 5.11 Å². The summed E-state index contributed by atoms with van der Waals surface area (Å²) in [6, 6.07) is 12.0. The first-order chi connectivity index (χ1) is 12.8. The summed E-state index contributed by atoms with van der Waals surface area (Å²) in [5.74, 6) is -0.195. The lowest BCUT2D eigenvalue weighted by Gasteiger charge is -2.18. The van der Waals surface area contributed by atoms with Crippen LogP contribution in [0.1, 0.15) is 5.56 Å². The molecule has 3 aromatic rings. The molecule has 0 aliphatic heterocycles. The Morgan fingerprint density at radius 2 is 1.78 bits per heavy atom. The van der Waals surface area contributed by atoms with Crippen molar-refractivity contribution in [1.29, 1.82) is 0 Å². The number of anilines is 2. The van der Waals surface area contributed by atoms with Gasteiger partial charge in [0.15, 0.2) is 0 Å². The summed E-state index contributed by atoms with van der Waals surface area (Å²) in [6.45, 7) is 0. The number of carbonyl (C=O) groups is 1. The van der Waals surface area contributed by atoms with E-state index < -0.39 is 17.8 Å². The fourth-order valence-electron chi connectivity index (χ4n) is 2.38. The van der Waals surface area contributed by atoms with Crippen LogP contribution in [-0.4, -0.2) is 21.2 Å². The zero-order valence-electron chi connectivity index (χ0n) is 13.5. The third-order valence-electron chi connectivity index (χ3n) is 3.61. The van der Waals surface area contributed by atoms with E-state index in [0.717, 1.165) is 24.3 Å². The van der Waals surface area contributed by atoms with Crippen LogP contribution in [0.5, 0.6) is 0 Å². The number of alkyl halides is 3. The largest absolute Gasteiger partial charge is 0.464 e. The lowest BCUT2D eigenvalue weighted by atomic mass is 10.1. The van der Waals surface area contributed by atoms with Gasteiger partial charge in [-0.05, 0) is 42.5 Å². The maximum atomic E-state index is 12.7. The van der Waals surface area contributed by atoms with Crippen molar-refractivity contribution in [2.75, 3.05) is 4.90 Å². The summed E-state index contributed by atoms with van der Waals surface area (Å²) in [5, 5.41) is 9.99. The standard InChI is InChI=1S/C18H11ClF3N3O2/c19-13-3-1-2-11(10-13)15-8-9-23-16(24-15)25(17(26)27)14-6-4-12(5-7-14)18(20,21)22/h1-10H,(H,26,27). The second kappa shape index (κ2) is 7.24. The molecule has 27 heavy (non-hydrogen) atoms. The Labute approximate surface area is 156 Å². The number of nitrogens with zero attached hydrogens (tertiary/aromatic N) is 3. The van der Waals surface area contributed by atoms with E-state index in [4.69, 9.17) is 11.6 Å². The Balaban J connectivity index is 2.01. The third-order valence-corrected chi connectivity index (χ3v) is 3.84. The van der Waals surface area contributed by atoms with Crippen molar-refractivity contribution in [3.8, 4) is 11.3 Å². The molecule has 0 atom stereocenters. The van der Waals surface area contributed by atoms with Crippen LogP contribution in [0.3, 0.4) is 0 Å². The SMILES string of the molecule is O=C(O)N(c1ccc(C(F)(F)F)cc1)c1nccc(-c2cccc(Cl)c2)n1. The number of hydrogen-bond donors (Lipinski definition) is 1. The van der Waals surface area contributed by atoms with Gasteiger partial charge in [-0.1, -0.05) is 23.7 Å². The molecule has 3 rings (SSSR count). The first-order valence-corrected chi connectivity index (χ1v) is 7.93. The molecule has 0 unspecified atom stereocenters. The smallest absolute Gasteiger partial charge is 0.418 e. The number of carboxylic acid groups (broad SMARTS) is 1. The number of aromatic nitrogens is 2. The number of hydrogen-bond acceptors (Lipinski definition) is 3. The number of benzene rings is 2. The van der Waals surface area contributed by atoms with E-state index in [1.807, 2.05) is 0 Å². The average Bonchev–Trinajstić information content (AvgIpc) is 2.61. The second-order valence-electron chi connectivity index (χ2n) is 5.41. The van der Waals surface area contributed by atoms with Crippen LogP contribution < -0.4 is 4.90 Å². The molecule has 1 aromatic heterocycles. The first kappa shape index (κ1) is 18.7. The van der Waals surface area contributed by atoms with Gasteiger partial charge in [0.05, 0.1) is 16.9 Å². The predicted molar refractivity (Wildman–Crippen MR) is 94.1 cm³/mol. The molecule has 1 N–H and O–H groups in total. The molecule has 0 saturated carbocycles. The number of rotatable bonds is 3. The quantitative estimate of drug-likeness (QED) is 0.626. The van der Waals surface area contributed by atoms with E-state index in [9.17, 15) is 23.1 Å². The first-order valence-electron chi connectivity index (χ1n) is 7.55. The lowest BCUT2D eigenvalue weighted by Crippen LogP contribution is -2.25. The normalized spacial score (nSPS) is 11.3. The molecule has 0 bridgehead atoms. The van der Waals surface area contributed by atoms with Crippen molar-refractivity contribution in [2.45, 2.75) is 6.18 Å². The topological polar surface area (TPSA) is 66.3 Å². The molecule has 0 saturated heterocycles. The van der Waals surface area contributed by atoms with Crippen LogP contribution in [-0.2, 0) is 6.18 Å². The summed E-state index contributed by atoms with van der Waals surface area (Å²) >= 11 is 5.96. The van der Waals surface area contributed by atoms with Gasteiger partial charge in [-0.3, -0.25) is 0 Å². The van der Waals surface area contributed by atoms with Gasteiger partial charge in [0, 0.05) is 16.8 Å². The highest BCUT2D eigenvalue weighted by Crippen LogP contribution is 2.32. The zero-order valence-corrected chi connectivity index (χ0v) is 14.2. The molecular formula is C18H11ClF3N3O2. The Bertz CT molecular complexity index is 978. The summed E-state index contributed by atoms with van der Waals surface area (Å²) in [7, 11) is 0. The third kappa shape index (κ3) is 4.17. The fourth-order valence-corrected chi connectivity index (χ4v) is 2.57. The van der Waals surface area contributed by atoms with Gasteiger partial charge in [-0.2, -0.15) is 13.2 Å². The van der Waals surface area contributed by atoms with Crippen LogP contribution in [0.15, 0.2) is 60.8 Å². The molecule has 2 aromatic carbocycles. The molecule has 0 spiro atoms. The van der Waals surface area contributed by atoms with Crippen molar-refractivity contribution in [3.63, 3.8) is 0 Å². The minimum absolute atomic E-state index is 0.0151. The van der Waals surface area contributed by atoms with E-state index in [-0.39, 0.29) is 11.6 Å². The molecule has 0 radical (unpaired) electrons. The van der Waals surface area contributed by atoms with E-state index in [0.29, 0.717) is 21.2 Å². The maximum absolute atomic E-state index is 12.7. The van der Waals surface area contributed by atoms with Crippen molar-refractivity contribution in [3.05, 3.63) is 71.4 Å². The Hall–Kier alpha value is -3.13. The predicted octanol–water partition coefficient (Wildman–Crippen LogP) is 5.63. The van der Waals surface area contributed by atoms with Crippen LogP contribution in [0.25, 0.3) is 11.3 Å². The van der Waals surface area contributed by atoms with Crippen molar-refractivity contribution in [2.24, 2.45) is 0 Å². The van der Waals surface area contributed by atoms with Crippen molar-refractivity contribution in [1.82, 2.24) is 9.97 Å². The molecule has 5 nitrogen and oxygen atoms in total. The van der Waals surface area contributed by atoms with Gasteiger partial charge in [-0.25, -0.2) is 19.7 Å². The van der Waals surface area contributed by atoms with Crippen molar-refractivity contribution >= 4 is 29.3 Å². The molecule has 0 aliphatic rings. The average molecular weight is 394 g/mol. The second-order valence-corrected chi connectivity index (χ2v) is 5.85. The molecule has 0 aliphatic carbocycles. The van der Waals surface area contributed by atoms with Crippen LogP contribution in [0, 0.1) is 0 Å². The molecule has 1 heterocycles. The summed E-state index contributed by atoms with van der Waals surface area (Å²) in [4.78, 5) is 20.5. The highest BCUT2D eigenvalue weighted by atomic mass is 35.5. The minimum atomic E-state index is -4.52. The van der Waals surface area contributed by atoms with E-state index in [1.165, 1.54) is 6.20 Å². The minimum Gasteiger partial charge on any atom is -0.464 e.